The lowest BCUT2D eigenvalue weighted by atomic mass is 10.1. The molecule has 0 bridgehead atoms. The van der Waals surface area contributed by atoms with Crippen LogP contribution in [0.3, 0.4) is 0 Å². The van der Waals surface area contributed by atoms with Crippen LogP contribution in [0.1, 0.15) is 110 Å². The van der Waals surface area contributed by atoms with Crippen molar-refractivity contribution in [2.45, 2.75) is 116 Å². The summed E-state index contributed by atoms with van der Waals surface area (Å²) in [6.45, 7) is 6.16. The molecule has 1 aliphatic rings. The lowest BCUT2D eigenvalue weighted by Gasteiger charge is -2.19. The fraction of sp³-hybridized carbons (Fsp3) is 0.870. The summed E-state index contributed by atoms with van der Waals surface area (Å²) < 4.78 is 0. The number of rotatable bonds is 17. The average Bonchev–Trinajstić information content (AvgIpc) is 3.01. The Morgan fingerprint density at radius 1 is 0.846 bits per heavy atom. The van der Waals surface area contributed by atoms with E-state index in [2.05, 4.69) is 35.9 Å². The van der Waals surface area contributed by atoms with Gasteiger partial charge in [-0.2, -0.15) is 0 Å². The van der Waals surface area contributed by atoms with Gasteiger partial charge >= 0.3 is 0 Å². The molecule has 0 amide bonds. The number of amidine groups is 1. The first kappa shape index (κ1) is 23.2. The van der Waals surface area contributed by atoms with Crippen molar-refractivity contribution in [1.29, 1.82) is 0 Å². The smallest absolute Gasteiger partial charge is 0.164 e. The minimum absolute atomic E-state index is 0.487. The lowest BCUT2D eigenvalue weighted by molar-refractivity contribution is 0.171. The third-order valence-electron chi connectivity index (χ3n) is 5.30. The van der Waals surface area contributed by atoms with Crippen LogP contribution in [-0.4, -0.2) is 35.2 Å². The maximum absolute atomic E-state index is 9.60. The number of β-amino-alcohol motifs (C(OH)–C–C–N with tert-alkyl or cyclic N) is 1. The fourth-order valence-electron chi connectivity index (χ4n) is 3.68. The molecule has 0 saturated heterocycles. The molecule has 1 aliphatic heterocycles. The van der Waals surface area contributed by atoms with Crippen molar-refractivity contribution < 1.29 is 5.11 Å². The number of aliphatic hydroxyl groups is 1. The van der Waals surface area contributed by atoms with Gasteiger partial charge < -0.3 is 10.0 Å². The Hall–Kier alpha value is -0.830. The Kier molecular flexibility index (Phi) is 14.6. The van der Waals surface area contributed by atoms with Gasteiger partial charge in [0.1, 0.15) is 5.84 Å². The quantitative estimate of drug-likeness (QED) is 0.237. The summed E-state index contributed by atoms with van der Waals surface area (Å²) in [6.07, 6.45) is 24.1. The summed E-state index contributed by atoms with van der Waals surface area (Å²) in [5, 5.41) is 9.60. The van der Waals surface area contributed by atoms with E-state index in [1.807, 2.05) is 0 Å². The highest BCUT2D eigenvalue weighted by Gasteiger charge is 2.20. The topological polar surface area (TPSA) is 35.8 Å². The highest BCUT2D eigenvalue weighted by Crippen LogP contribution is 2.13. The maximum atomic E-state index is 9.60. The molecule has 0 aromatic carbocycles. The predicted octanol–water partition coefficient (Wildman–Crippen LogP) is 6.47. The monoisotopic (exact) mass is 364 g/mol. The molecule has 0 aromatic heterocycles. The third kappa shape index (κ3) is 11.7. The van der Waals surface area contributed by atoms with Gasteiger partial charge in [0.2, 0.25) is 0 Å². The maximum Gasteiger partial charge on any atom is 0.164 e. The molecule has 1 rings (SSSR count). The Morgan fingerprint density at radius 2 is 1.38 bits per heavy atom. The van der Waals surface area contributed by atoms with Gasteiger partial charge in [0.15, 0.2) is 6.23 Å². The molecule has 0 radical (unpaired) electrons. The molecule has 1 atom stereocenters. The summed E-state index contributed by atoms with van der Waals surface area (Å²) in [4.78, 5) is 6.54. The first-order valence-electron chi connectivity index (χ1n) is 11.4. The molecule has 3 nitrogen and oxygen atoms in total. The normalized spacial score (nSPS) is 17.4. The van der Waals surface area contributed by atoms with Gasteiger partial charge in [0.05, 0.1) is 6.54 Å². The standard InChI is InChI=1S/C23H44N2O/c1-3-5-6-7-8-9-10-11-12-13-14-15-16-17-18-19-20-25-21-23(26)24-22(25)4-2/h11-12,23,26H,3-10,13-21H2,1-2H3/b12-11-. The summed E-state index contributed by atoms with van der Waals surface area (Å²) >= 11 is 0. The van der Waals surface area contributed by atoms with Gasteiger partial charge in [0.25, 0.3) is 0 Å². The van der Waals surface area contributed by atoms with Gasteiger partial charge in [-0.15, -0.1) is 0 Å². The number of aliphatic imine (C=N–C) groups is 1. The molecule has 0 saturated carbocycles. The molecular formula is C23H44N2O. The number of aliphatic hydroxyl groups excluding tert-OH is 1. The van der Waals surface area contributed by atoms with E-state index in [4.69, 9.17) is 0 Å². The Morgan fingerprint density at radius 3 is 1.96 bits per heavy atom. The molecule has 1 N–H and O–H groups in total. The Labute approximate surface area is 163 Å². The van der Waals surface area contributed by atoms with E-state index >= 15 is 0 Å². The van der Waals surface area contributed by atoms with Crippen LogP contribution in [0.4, 0.5) is 0 Å². The zero-order chi connectivity index (χ0) is 18.9. The van der Waals surface area contributed by atoms with E-state index in [-0.39, 0.29) is 0 Å². The van der Waals surface area contributed by atoms with E-state index < -0.39 is 6.23 Å². The molecule has 26 heavy (non-hydrogen) atoms. The number of allylic oxidation sites excluding steroid dienone is 2. The van der Waals surface area contributed by atoms with Crippen LogP contribution in [0.15, 0.2) is 17.1 Å². The minimum atomic E-state index is -0.487. The number of nitrogens with zero attached hydrogens (tertiary/aromatic N) is 2. The zero-order valence-electron chi connectivity index (χ0n) is 17.6. The van der Waals surface area contributed by atoms with E-state index in [1.54, 1.807) is 0 Å². The molecular weight excluding hydrogens is 320 g/mol. The molecule has 0 spiro atoms. The van der Waals surface area contributed by atoms with Crippen LogP contribution in [0, 0.1) is 0 Å². The Bertz CT molecular complexity index is 378. The van der Waals surface area contributed by atoms with Crippen molar-refractivity contribution in [3.63, 3.8) is 0 Å². The number of hydrogen-bond donors (Lipinski definition) is 1. The van der Waals surface area contributed by atoms with Crippen LogP contribution >= 0.6 is 0 Å². The fourth-order valence-corrected chi connectivity index (χ4v) is 3.68. The summed E-state index contributed by atoms with van der Waals surface area (Å²) in [5.41, 5.74) is 0. The molecule has 0 aliphatic carbocycles. The molecule has 1 heterocycles. The van der Waals surface area contributed by atoms with Crippen molar-refractivity contribution >= 4 is 5.84 Å². The van der Waals surface area contributed by atoms with Gasteiger partial charge in [-0.25, -0.2) is 4.99 Å². The number of unbranched alkanes of at least 4 members (excludes halogenated alkanes) is 12. The van der Waals surface area contributed by atoms with Gasteiger partial charge in [-0.1, -0.05) is 83.8 Å². The highest BCUT2D eigenvalue weighted by molar-refractivity contribution is 5.83. The van der Waals surface area contributed by atoms with Gasteiger partial charge in [-0.3, -0.25) is 0 Å². The summed E-state index contributed by atoms with van der Waals surface area (Å²) in [6, 6.07) is 0. The van der Waals surface area contributed by atoms with Crippen LogP contribution < -0.4 is 0 Å². The molecule has 1 unspecified atom stereocenters. The average molecular weight is 365 g/mol. The van der Waals surface area contributed by atoms with E-state index in [9.17, 15) is 5.11 Å². The van der Waals surface area contributed by atoms with Crippen molar-refractivity contribution in [2.24, 2.45) is 4.99 Å². The first-order valence-corrected chi connectivity index (χ1v) is 11.4. The van der Waals surface area contributed by atoms with Crippen molar-refractivity contribution in [2.75, 3.05) is 13.1 Å². The van der Waals surface area contributed by atoms with Crippen LogP contribution in [-0.2, 0) is 0 Å². The predicted molar refractivity (Wildman–Crippen MR) is 115 cm³/mol. The molecule has 3 heteroatoms. The lowest BCUT2D eigenvalue weighted by Crippen LogP contribution is -2.29. The van der Waals surface area contributed by atoms with Crippen LogP contribution in [0.5, 0.6) is 0 Å². The summed E-state index contributed by atoms with van der Waals surface area (Å²) in [5.74, 6) is 1.09. The molecule has 152 valence electrons. The van der Waals surface area contributed by atoms with Crippen molar-refractivity contribution in [1.82, 2.24) is 4.90 Å². The van der Waals surface area contributed by atoms with E-state index in [0.717, 1.165) is 18.8 Å². The first-order chi connectivity index (χ1) is 12.8. The van der Waals surface area contributed by atoms with Crippen LogP contribution in [0.25, 0.3) is 0 Å². The minimum Gasteiger partial charge on any atom is -0.370 e. The van der Waals surface area contributed by atoms with E-state index in [1.165, 1.54) is 89.9 Å². The molecule has 0 aromatic rings. The second-order valence-corrected chi connectivity index (χ2v) is 7.76. The SMILES string of the molecule is CCCCCCCC/C=C\CCCCCCCCN1CC(O)N=C1CC. The Balaban J connectivity index is 1.81. The van der Waals surface area contributed by atoms with E-state index in [0.29, 0.717) is 6.54 Å². The zero-order valence-corrected chi connectivity index (χ0v) is 17.6. The van der Waals surface area contributed by atoms with Crippen molar-refractivity contribution in [3.05, 3.63) is 12.2 Å². The van der Waals surface area contributed by atoms with Crippen LogP contribution in [0.2, 0.25) is 0 Å². The number of hydrogen-bond acceptors (Lipinski definition) is 3. The van der Waals surface area contributed by atoms with Gasteiger partial charge in [0, 0.05) is 13.0 Å². The summed E-state index contributed by atoms with van der Waals surface area (Å²) in [7, 11) is 0. The van der Waals surface area contributed by atoms with Gasteiger partial charge in [-0.05, 0) is 32.1 Å². The molecule has 0 fully saturated rings. The second-order valence-electron chi connectivity index (χ2n) is 7.76. The largest absolute Gasteiger partial charge is 0.370 e. The highest BCUT2D eigenvalue weighted by atomic mass is 16.3. The van der Waals surface area contributed by atoms with Crippen molar-refractivity contribution in [3.8, 4) is 0 Å². The third-order valence-corrected chi connectivity index (χ3v) is 5.30. The second kappa shape index (κ2) is 16.4.